The van der Waals surface area contributed by atoms with Crippen molar-refractivity contribution in [2.75, 3.05) is 46.2 Å². The summed E-state index contributed by atoms with van der Waals surface area (Å²) in [7, 11) is 0. The summed E-state index contributed by atoms with van der Waals surface area (Å²) < 4.78 is 45.5. The van der Waals surface area contributed by atoms with Gasteiger partial charge in [0.05, 0.1) is 52.2 Å². The van der Waals surface area contributed by atoms with Crippen LogP contribution in [0.1, 0.15) is 208 Å². The Bertz CT molecular complexity index is 2150. The minimum atomic E-state index is 0.0358. The molecule has 6 rings (SSSR count). The van der Waals surface area contributed by atoms with E-state index in [0.29, 0.717) is 58.1 Å². The predicted octanol–water partition coefficient (Wildman–Crippen LogP) is 18.0. The summed E-state index contributed by atoms with van der Waals surface area (Å²) in [4.78, 5) is 12.5. The monoisotopic (exact) mass is 979 g/mol. The quantitative estimate of drug-likeness (QED) is 0.0189. The molecule has 3 atom stereocenters. The van der Waals surface area contributed by atoms with Crippen molar-refractivity contribution in [3.63, 3.8) is 0 Å². The van der Waals surface area contributed by atoms with E-state index in [-0.39, 0.29) is 11.9 Å². The van der Waals surface area contributed by atoms with Gasteiger partial charge in [0, 0.05) is 0 Å². The second-order valence-corrected chi connectivity index (χ2v) is 20.7. The van der Waals surface area contributed by atoms with Crippen LogP contribution in [-0.4, -0.2) is 52.2 Å². The molecular formula is C63H94O8. The molecule has 71 heavy (non-hydrogen) atoms. The van der Waals surface area contributed by atoms with Crippen molar-refractivity contribution < 1.29 is 38.0 Å². The molecule has 2 aliphatic carbocycles. The van der Waals surface area contributed by atoms with E-state index in [4.69, 9.17) is 33.2 Å². The summed E-state index contributed by atoms with van der Waals surface area (Å²) in [5, 5.41) is 6.59. The Morgan fingerprint density at radius 2 is 0.620 bits per heavy atom. The van der Waals surface area contributed by atoms with E-state index in [1.165, 1.54) is 38.5 Å². The molecule has 0 radical (unpaired) electrons. The summed E-state index contributed by atoms with van der Waals surface area (Å²) in [6.07, 6.45) is 34.7. The normalized spacial score (nSPS) is 16.1. The fourth-order valence-corrected chi connectivity index (χ4v) is 10.5. The topological polar surface area (TPSA) is 81.7 Å². The van der Waals surface area contributed by atoms with Crippen LogP contribution in [-0.2, 0) is 9.53 Å². The van der Waals surface area contributed by atoms with Crippen LogP contribution in [0.2, 0.25) is 0 Å². The minimum Gasteiger partial charge on any atom is -0.490 e. The fraction of sp³-hybridized carbons (Fsp3) is 0.667. The van der Waals surface area contributed by atoms with Crippen molar-refractivity contribution in [1.82, 2.24) is 0 Å². The number of benzene rings is 4. The van der Waals surface area contributed by atoms with Crippen molar-refractivity contribution >= 4 is 38.3 Å². The summed E-state index contributed by atoms with van der Waals surface area (Å²) in [6.45, 7) is 15.6. The first-order valence-electron chi connectivity index (χ1n) is 29.2. The van der Waals surface area contributed by atoms with Crippen LogP contribution in [0.3, 0.4) is 0 Å². The van der Waals surface area contributed by atoms with Crippen LogP contribution in [0.5, 0.6) is 34.5 Å². The van der Waals surface area contributed by atoms with E-state index in [1.54, 1.807) is 0 Å². The number of esters is 1. The van der Waals surface area contributed by atoms with Gasteiger partial charge in [-0.05, 0) is 138 Å². The third-order valence-electron chi connectivity index (χ3n) is 14.8. The predicted molar refractivity (Wildman–Crippen MR) is 296 cm³/mol. The van der Waals surface area contributed by atoms with Crippen LogP contribution in [0.25, 0.3) is 32.3 Å². The summed E-state index contributed by atoms with van der Waals surface area (Å²) in [6, 6.07) is 13.3. The molecule has 1 unspecified atom stereocenters. The number of fused-ring (bicyclic) bond motifs is 8. The first-order valence-corrected chi connectivity index (χ1v) is 29.2. The molecule has 8 nitrogen and oxygen atoms in total. The third-order valence-corrected chi connectivity index (χ3v) is 14.8. The molecule has 0 amide bonds. The third kappa shape index (κ3) is 17.4. The van der Waals surface area contributed by atoms with Crippen molar-refractivity contribution in [3.8, 4) is 34.5 Å². The van der Waals surface area contributed by atoms with E-state index in [9.17, 15) is 4.79 Å². The lowest BCUT2D eigenvalue weighted by Crippen LogP contribution is -2.21. The zero-order valence-electron chi connectivity index (χ0n) is 45.2. The van der Waals surface area contributed by atoms with Gasteiger partial charge in [-0.15, -0.1) is 0 Å². The number of allylic oxidation sites excluding steroid dienone is 2. The summed E-state index contributed by atoms with van der Waals surface area (Å²) in [5.74, 6) is 5.94. The van der Waals surface area contributed by atoms with Gasteiger partial charge < -0.3 is 33.2 Å². The highest BCUT2D eigenvalue weighted by atomic mass is 16.5. The highest BCUT2D eigenvalue weighted by molar-refractivity contribution is 6.26. The molecule has 0 aliphatic heterocycles. The van der Waals surface area contributed by atoms with Crippen molar-refractivity contribution in [1.29, 1.82) is 0 Å². The van der Waals surface area contributed by atoms with Gasteiger partial charge in [0.1, 0.15) is 0 Å². The van der Waals surface area contributed by atoms with Crippen LogP contribution in [0, 0.1) is 17.8 Å². The first-order chi connectivity index (χ1) is 35.0. The molecule has 0 spiro atoms. The van der Waals surface area contributed by atoms with E-state index in [1.807, 2.05) is 0 Å². The number of unbranched alkanes of at least 4 members (excludes halogenated alkanes) is 19. The van der Waals surface area contributed by atoms with Crippen LogP contribution in [0.15, 0.2) is 48.6 Å². The van der Waals surface area contributed by atoms with Crippen LogP contribution >= 0.6 is 0 Å². The SMILES string of the molecule is CCCCCOc1cc2c3cc(OCCCCC)c(OCCCCC)cc3c3cc(OCCCCCCCCCCCCOC(=O)C4C[C@@H]5C=C[C@H]4C5)c(OCCCCC)cc3c2cc1OCCCCC. The first kappa shape index (κ1) is 56.0. The number of hydrogen-bond donors (Lipinski definition) is 0. The maximum absolute atomic E-state index is 12.5. The van der Waals surface area contributed by atoms with Crippen molar-refractivity contribution in [2.24, 2.45) is 17.8 Å². The zero-order valence-corrected chi connectivity index (χ0v) is 45.2. The van der Waals surface area contributed by atoms with Gasteiger partial charge in [-0.25, -0.2) is 0 Å². The number of ether oxygens (including phenoxy) is 7. The number of rotatable bonds is 40. The Kier molecular flexibility index (Phi) is 25.2. The summed E-state index contributed by atoms with van der Waals surface area (Å²) in [5.41, 5.74) is 0. The summed E-state index contributed by atoms with van der Waals surface area (Å²) >= 11 is 0. The van der Waals surface area contributed by atoms with Crippen molar-refractivity contribution in [3.05, 3.63) is 48.6 Å². The molecule has 4 aromatic rings. The van der Waals surface area contributed by atoms with Gasteiger partial charge in [0.15, 0.2) is 34.5 Å². The lowest BCUT2D eigenvalue weighted by atomic mass is 9.93. The average molecular weight is 979 g/mol. The van der Waals surface area contributed by atoms with Crippen LogP contribution in [0.4, 0.5) is 0 Å². The highest BCUT2D eigenvalue weighted by Crippen LogP contribution is 2.48. The van der Waals surface area contributed by atoms with Crippen molar-refractivity contribution in [2.45, 2.75) is 208 Å². The molecule has 1 saturated carbocycles. The standard InChI is InChI=1S/C63H94O8/c1-6-11-24-33-65-57-42-51-52-43-58(66-34-25-12-7-2)60(68-36-27-14-9-4)45-54(52)56-47-62(61(69-37-28-15-10-5)46-55(56)53(51)44-59(57)67-35-26-13-8-3)70-38-29-22-20-18-16-17-19-21-23-30-39-71-63(64)50-41-48-31-32-49(50)40-48/h31-32,42-50H,6-30,33-41H2,1-5H3/t48-,49+,50?/m1/s1. The average Bonchev–Trinajstić information content (AvgIpc) is 4.03. The van der Waals surface area contributed by atoms with Crippen LogP contribution < -0.4 is 28.4 Å². The van der Waals surface area contributed by atoms with Gasteiger partial charge in [-0.1, -0.05) is 162 Å². The molecule has 2 aliphatic rings. The van der Waals surface area contributed by atoms with E-state index >= 15 is 0 Å². The second kappa shape index (κ2) is 32.0. The number of carbonyl (C=O) groups excluding carboxylic acids is 1. The van der Waals surface area contributed by atoms with E-state index in [0.717, 1.165) is 202 Å². The molecule has 1 fully saturated rings. The Hall–Kier alpha value is -4.33. The largest absolute Gasteiger partial charge is 0.490 e. The van der Waals surface area contributed by atoms with Gasteiger partial charge in [0.25, 0.3) is 0 Å². The van der Waals surface area contributed by atoms with E-state index < -0.39 is 0 Å². The fourth-order valence-electron chi connectivity index (χ4n) is 10.5. The molecule has 0 N–H and O–H groups in total. The zero-order chi connectivity index (χ0) is 49.9. The Balaban J connectivity index is 1.19. The molecule has 0 heterocycles. The van der Waals surface area contributed by atoms with Gasteiger partial charge in [-0.3, -0.25) is 4.79 Å². The molecule has 0 aromatic heterocycles. The molecule has 4 aromatic carbocycles. The second-order valence-electron chi connectivity index (χ2n) is 20.7. The molecule has 0 saturated heterocycles. The highest BCUT2D eigenvalue weighted by Gasteiger charge is 2.40. The Morgan fingerprint density at radius 1 is 0.352 bits per heavy atom. The van der Waals surface area contributed by atoms with E-state index in [2.05, 4.69) is 83.2 Å². The molecule has 8 heteroatoms. The number of hydrogen-bond acceptors (Lipinski definition) is 8. The molecule has 394 valence electrons. The number of carbonyl (C=O) groups is 1. The van der Waals surface area contributed by atoms with Gasteiger partial charge >= 0.3 is 5.97 Å². The maximum atomic E-state index is 12.5. The molecule has 2 bridgehead atoms. The smallest absolute Gasteiger partial charge is 0.309 e. The lowest BCUT2D eigenvalue weighted by molar-refractivity contribution is -0.149. The molecular weight excluding hydrogens is 885 g/mol. The maximum Gasteiger partial charge on any atom is 0.309 e. The Morgan fingerprint density at radius 3 is 0.873 bits per heavy atom. The Labute approximate surface area is 429 Å². The van der Waals surface area contributed by atoms with Gasteiger partial charge in [-0.2, -0.15) is 0 Å². The van der Waals surface area contributed by atoms with Gasteiger partial charge in [0.2, 0.25) is 0 Å². The lowest BCUT2D eigenvalue weighted by Gasteiger charge is -2.21. The minimum absolute atomic E-state index is 0.0358.